The number of carbonyl (C=O) groups is 1. The van der Waals surface area contributed by atoms with Gasteiger partial charge < -0.3 is 4.90 Å². The Bertz CT molecular complexity index is 670. The number of nitriles is 1. The molecule has 2 heterocycles. The monoisotopic (exact) mass is 326 g/mol. The van der Waals surface area contributed by atoms with E-state index in [0.29, 0.717) is 11.3 Å². The summed E-state index contributed by atoms with van der Waals surface area (Å²) in [7, 11) is 0. The van der Waals surface area contributed by atoms with Gasteiger partial charge in [-0.05, 0) is 23.4 Å². The maximum absolute atomic E-state index is 12.1. The molecule has 1 amide bonds. The van der Waals surface area contributed by atoms with Crippen LogP contribution in [-0.2, 0) is 4.79 Å². The van der Waals surface area contributed by atoms with Crippen molar-refractivity contribution >= 4 is 28.9 Å². The molecule has 1 aromatic carbocycles. The lowest BCUT2D eigenvalue weighted by molar-refractivity contribution is -0.113. The van der Waals surface area contributed by atoms with Gasteiger partial charge in [0.05, 0.1) is 11.0 Å². The molecule has 1 fully saturated rings. The predicted molar refractivity (Wildman–Crippen MR) is 92.7 cm³/mol. The van der Waals surface area contributed by atoms with Crippen LogP contribution in [0, 0.1) is 11.3 Å². The normalized spacial score (nSPS) is 20.7. The van der Waals surface area contributed by atoms with E-state index in [0.717, 1.165) is 43.5 Å². The van der Waals surface area contributed by atoms with E-state index < -0.39 is 0 Å². The molecule has 118 valence electrons. The summed E-state index contributed by atoms with van der Waals surface area (Å²) in [6.45, 7) is 4.34. The van der Waals surface area contributed by atoms with E-state index in [1.165, 1.54) is 11.8 Å². The molecule has 6 heteroatoms. The standard InChI is InChI=1S/C17H18N4OS/c18-7-4-8-20-9-11-21(12-10-20)17-19-16(22)15(23-17)13-14-5-2-1-3-6-14/h1-3,5-6,13H,4,8-12H2/b15-13+. The zero-order chi connectivity index (χ0) is 16.1. The largest absolute Gasteiger partial charge is 0.348 e. The molecule has 0 bridgehead atoms. The summed E-state index contributed by atoms with van der Waals surface area (Å²) in [5.74, 6) is -0.152. The lowest BCUT2D eigenvalue weighted by Gasteiger charge is -2.34. The number of carbonyl (C=O) groups excluding carboxylic acids is 1. The van der Waals surface area contributed by atoms with Crippen LogP contribution in [0.2, 0.25) is 0 Å². The van der Waals surface area contributed by atoms with Gasteiger partial charge in [-0.2, -0.15) is 10.3 Å². The molecule has 1 saturated heterocycles. The Kier molecular flexibility index (Phi) is 5.11. The Hall–Kier alpha value is -2.10. The number of rotatable bonds is 3. The van der Waals surface area contributed by atoms with Crippen LogP contribution in [0.5, 0.6) is 0 Å². The third-order valence-corrected chi connectivity index (χ3v) is 4.93. The molecule has 0 spiro atoms. The maximum Gasteiger partial charge on any atom is 0.286 e. The average molecular weight is 326 g/mol. The second-order valence-corrected chi connectivity index (χ2v) is 6.47. The van der Waals surface area contributed by atoms with Crippen molar-refractivity contribution in [2.45, 2.75) is 6.42 Å². The van der Waals surface area contributed by atoms with Crippen LogP contribution in [0.15, 0.2) is 40.2 Å². The highest BCUT2D eigenvalue weighted by atomic mass is 32.2. The molecule has 2 aliphatic heterocycles. The first-order chi connectivity index (χ1) is 11.3. The highest BCUT2D eigenvalue weighted by Gasteiger charge is 2.28. The van der Waals surface area contributed by atoms with Crippen molar-refractivity contribution in [2.75, 3.05) is 32.7 Å². The molecular weight excluding hydrogens is 308 g/mol. The Morgan fingerprint density at radius 2 is 1.96 bits per heavy atom. The predicted octanol–water partition coefficient (Wildman–Crippen LogP) is 2.19. The Morgan fingerprint density at radius 3 is 2.65 bits per heavy atom. The van der Waals surface area contributed by atoms with E-state index in [1.54, 1.807) is 0 Å². The van der Waals surface area contributed by atoms with Crippen LogP contribution in [0.3, 0.4) is 0 Å². The third-order valence-electron chi connectivity index (χ3n) is 3.89. The summed E-state index contributed by atoms with van der Waals surface area (Å²) in [6.07, 6.45) is 2.46. The number of aliphatic imine (C=N–C) groups is 1. The van der Waals surface area contributed by atoms with Crippen molar-refractivity contribution in [3.8, 4) is 6.07 Å². The highest BCUT2D eigenvalue weighted by molar-refractivity contribution is 8.18. The average Bonchev–Trinajstić information content (AvgIpc) is 2.95. The van der Waals surface area contributed by atoms with Gasteiger partial charge in [-0.25, -0.2) is 0 Å². The van der Waals surface area contributed by atoms with E-state index in [-0.39, 0.29) is 5.91 Å². The summed E-state index contributed by atoms with van der Waals surface area (Å²) >= 11 is 1.46. The first kappa shape index (κ1) is 15.8. The summed E-state index contributed by atoms with van der Waals surface area (Å²) in [4.78, 5) is 21.4. The lowest BCUT2D eigenvalue weighted by Crippen LogP contribution is -2.47. The van der Waals surface area contributed by atoms with Gasteiger partial charge in [0.2, 0.25) is 0 Å². The van der Waals surface area contributed by atoms with E-state index in [2.05, 4.69) is 20.9 Å². The van der Waals surface area contributed by atoms with Crippen LogP contribution < -0.4 is 0 Å². The second-order valence-electron chi connectivity index (χ2n) is 5.46. The van der Waals surface area contributed by atoms with Crippen LogP contribution in [-0.4, -0.2) is 53.6 Å². The third kappa shape index (κ3) is 4.01. The van der Waals surface area contributed by atoms with E-state index in [1.807, 2.05) is 36.4 Å². The molecule has 1 aromatic rings. The number of amidine groups is 1. The van der Waals surface area contributed by atoms with Gasteiger partial charge >= 0.3 is 0 Å². The van der Waals surface area contributed by atoms with Crippen molar-refractivity contribution in [1.82, 2.24) is 9.80 Å². The molecule has 0 aliphatic carbocycles. The topological polar surface area (TPSA) is 59.7 Å². The van der Waals surface area contributed by atoms with Gasteiger partial charge in [0.25, 0.3) is 5.91 Å². The van der Waals surface area contributed by atoms with Gasteiger partial charge in [0, 0.05) is 39.1 Å². The van der Waals surface area contributed by atoms with Gasteiger partial charge in [-0.1, -0.05) is 30.3 Å². The Morgan fingerprint density at radius 1 is 1.22 bits per heavy atom. The number of hydrogen-bond acceptors (Lipinski definition) is 5. The molecular formula is C17H18N4OS. The van der Waals surface area contributed by atoms with E-state index in [9.17, 15) is 4.79 Å². The number of benzene rings is 1. The summed E-state index contributed by atoms with van der Waals surface area (Å²) in [5.41, 5.74) is 1.01. The lowest BCUT2D eigenvalue weighted by atomic mass is 10.2. The number of amides is 1. The molecule has 0 aromatic heterocycles. The fourth-order valence-electron chi connectivity index (χ4n) is 2.60. The van der Waals surface area contributed by atoms with Gasteiger partial charge in [-0.3, -0.25) is 9.69 Å². The maximum atomic E-state index is 12.1. The molecule has 0 atom stereocenters. The van der Waals surface area contributed by atoms with Crippen LogP contribution >= 0.6 is 11.8 Å². The van der Waals surface area contributed by atoms with Crippen molar-refractivity contribution in [3.63, 3.8) is 0 Å². The second kappa shape index (κ2) is 7.44. The summed E-state index contributed by atoms with van der Waals surface area (Å²) in [6, 6.07) is 12.0. The van der Waals surface area contributed by atoms with Gasteiger partial charge in [0.1, 0.15) is 0 Å². The van der Waals surface area contributed by atoms with Crippen molar-refractivity contribution in [3.05, 3.63) is 40.8 Å². The molecule has 2 aliphatic rings. The molecule has 0 radical (unpaired) electrons. The molecule has 0 saturated carbocycles. The summed E-state index contributed by atoms with van der Waals surface area (Å²) < 4.78 is 0. The summed E-state index contributed by atoms with van der Waals surface area (Å²) in [5, 5.41) is 9.45. The smallest absolute Gasteiger partial charge is 0.286 e. The van der Waals surface area contributed by atoms with Crippen molar-refractivity contribution in [2.24, 2.45) is 4.99 Å². The van der Waals surface area contributed by atoms with Crippen molar-refractivity contribution in [1.29, 1.82) is 5.26 Å². The van der Waals surface area contributed by atoms with Crippen LogP contribution in [0.1, 0.15) is 12.0 Å². The fourth-order valence-corrected chi connectivity index (χ4v) is 3.57. The molecule has 5 nitrogen and oxygen atoms in total. The minimum atomic E-state index is -0.152. The molecule has 0 N–H and O–H groups in total. The van der Waals surface area contributed by atoms with Crippen LogP contribution in [0.25, 0.3) is 6.08 Å². The minimum absolute atomic E-state index is 0.152. The van der Waals surface area contributed by atoms with E-state index in [4.69, 9.17) is 5.26 Å². The Labute approximate surface area is 140 Å². The number of nitrogens with zero attached hydrogens (tertiary/aromatic N) is 4. The highest BCUT2D eigenvalue weighted by Crippen LogP contribution is 2.30. The van der Waals surface area contributed by atoms with Gasteiger partial charge in [-0.15, -0.1) is 0 Å². The molecule has 0 unspecified atom stereocenters. The van der Waals surface area contributed by atoms with E-state index >= 15 is 0 Å². The zero-order valence-electron chi connectivity index (χ0n) is 12.8. The Balaban J connectivity index is 1.59. The quantitative estimate of drug-likeness (QED) is 0.797. The van der Waals surface area contributed by atoms with Gasteiger partial charge in [0.15, 0.2) is 5.17 Å². The number of hydrogen-bond donors (Lipinski definition) is 0. The zero-order valence-corrected chi connectivity index (χ0v) is 13.6. The van der Waals surface area contributed by atoms with Crippen molar-refractivity contribution < 1.29 is 4.79 Å². The fraction of sp³-hybridized carbons (Fsp3) is 0.353. The van der Waals surface area contributed by atoms with Crippen LogP contribution in [0.4, 0.5) is 0 Å². The minimum Gasteiger partial charge on any atom is -0.348 e. The SMILES string of the molecule is N#CCCN1CCN(C2=NC(=O)/C(=C\c3ccccc3)S2)CC1. The first-order valence-electron chi connectivity index (χ1n) is 7.68. The first-order valence-corrected chi connectivity index (χ1v) is 8.50. The molecule has 3 rings (SSSR count). The number of piperazine rings is 1. The molecule has 23 heavy (non-hydrogen) atoms. The number of thioether (sulfide) groups is 1.